The van der Waals surface area contributed by atoms with Gasteiger partial charge in [0, 0.05) is 24.1 Å². The molecule has 1 heterocycles. The van der Waals surface area contributed by atoms with Crippen molar-refractivity contribution >= 4 is 10.9 Å². The normalized spacial score (nSPS) is 11.6. The Balaban J connectivity index is 2.23. The third-order valence-electron chi connectivity index (χ3n) is 3.28. The Morgan fingerprint density at radius 1 is 1.24 bits per heavy atom. The van der Waals surface area contributed by atoms with Crippen molar-refractivity contribution in [1.82, 2.24) is 9.47 Å². The van der Waals surface area contributed by atoms with Gasteiger partial charge in [0.1, 0.15) is 0 Å². The van der Waals surface area contributed by atoms with E-state index in [4.69, 9.17) is 0 Å². The molecule has 0 N–H and O–H groups in total. The minimum absolute atomic E-state index is 1.16. The lowest BCUT2D eigenvalue weighted by Crippen LogP contribution is -2.13. The number of aryl methyl sites for hydroxylation is 3. The number of nitrogens with zero attached hydrogens (tertiary/aromatic N) is 2. The van der Waals surface area contributed by atoms with E-state index in [0.29, 0.717) is 0 Å². The fourth-order valence-corrected chi connectivity index (χ4v) is 2.36. The van der Waals surface area contributed by atoms with E-state index in [0.717, 1.165) is 6.54 Å². The second kappa shape index (κ2) is 4.92. The Labute approximate surface area is 104 Å². The van der Waals surface area contributed by atoms with Crippen molar-refractivity contribution < 1.29 is 0 Å². The average Bonchev–Trinajstić information content (AvgIpc) is 2.55. The van der Waals surface area contributed by atoms with Crippen LogP contribution < -0.4 is 0 Å². The van der Waals surface area contributed by atoms with Gasteiger partial charge >= 0.3 is 0 Å². The number of benzene rings is 1. The molecule has 0 spiro atoms. The summed E-state index contributed by atoms with van der Waals surface area (Å²) in [6, 6.07) is 6.73. The second-order valence-electron chi connectivity index (χ2n) is 5.19. The molecule has 2 rings (SSSR count). The number of aromatic nitrogens is 1. The molecule has 1 aromatic carbocycles. The van der Waals surface area contributed by atoms with Crippen LogP contribution in [0, 0.1) is 6.92 Å². The van der Waals surface area contributed by atoms with Crippen LogP contribution in [0.15, 0.2) is 24.4 Å². The molecule has 0 saturated heterocycles. The van der Waals surface area contributed by atoms with Gasteiger partial charge in [0.05, 0.1) is 0 Å². The summed E-state index contributed by atoms with van der Waals surface area (Å²) in [6.45, 7) is 3.31. The third kappa shape index (κ3) is 2.70. The van der Waals surface area contributed by atoms with Crippen LogP contribution in [-0.4, -0.2) is 30.1 Å². The molecular formula is C15H22N2. The predicted molar refractivity (Wildman–Crippen MR) is 74.5 cm³/mol. The summed E-state index contributed by atoms with van der Waals surface area (Å²) in [4.78, 5) is 2.25. The monoisotopic (exact) mass is 230 g/mol. The van der Waals surface area contributed by atoms with Crippen LogP contribution in [0.2, 0.25) is 0 Å². The molecule has 17 heavy (non-hydrogen) atoms. The molecule has 92 valence electrons. The van der Waals surface area contributed by atoms with Crippen molar-refractivity contribution in [2.45, 2.75) is 19.8 Å². The lowest BCUT2D eigenvalue weighted by Gasteiger charge is -2.08. The van der Waals surface area contributed by atoms with E-state index >= 15 is 0 Å². The van der Waals surface area contributed by atoms with Gasteiger partial charge in [-0.2, -0.15) is 0 Å². The number of fused-ring (bicyclic) bond motifs is 1. The van der Waals surface area contributed by atoms with Crippen LogP contribution in [0.5, 0.6) is 0 Å². The minimum Gasteiger partial charge on any atom is -0.350 e. The molecule has 1 aromatic heterocycles. The summed E-state index contributed by atoms with van der Waals surface area (Å²) in [6.07, 6.45) is 4.67. The first-order valence-electron chi connectivity index (χ1n) is 6.27. The molecule has 0 aliphatic rings. The first kappa shape index (κ1) is 12.2. The van der Waals surface area contributed by atoms with Gasteiger partial charge < -0.3 is 9.47 Å². The smallest absolute Gasteiger partial charge is 0.0483 e. The van der Waals surface area contributed by atoms with Gasteiger partial charge in [0.15, 0.2) is 0 Å². The fourth-order valence-electron chi connectivity index (χ4n) is 2.36. The lowest BCUT2D eigenvalue weighted by molar-refractivity contribution is 0.400. The fraction of sp³-hybridized carbons (Fsp3) is 0.467. The van der Waals surface area contributed by atoms with Crippen LogP contribution in [0.3, 0.4) is 0 Å². The highest BCUT2D eigenvalue weighted by atomic mass is 15.0. The second-order valence-corrected chi connectivity index (χ2v) is 5.19. The van der Waals surface area contributed by atoms with Crippen LogP contribution in [0.4, 0.5) is 0 Å². The zero-order valence-corrected chi connectivity index (χ0v) is 11.3. The standard InChI is InChI=1S/C15H22N2/c1-12-7-8-14-13(6-5-9-16(2)3)11-17(4)15(14)10-12/h7-8,10-11H,5-6,9H2,1-4H3. The van der Waals surface area contributed by atoms with E-state index in [1.807, 2.05) is 0 Å². The van der Waals surface area contributed by atoms with Crippen molar-refractivity contribution in [3.05, 3.63) is 35.5 Å². The SMILES string of the molecule is Cc1ccc2c(CCCN(C)C)cn(C)c2c1. The van der Waals surface area contributed by atoms with Gasteiger partial charge in [-0.1, -0.05) is 12.1 Å². The molecule has 0 aliphatic carbocycles. The van der Waals surface area contributed by atoms with Gasteiger partial charge in [0.2, 0.25) is 0 Å². The summed E-state index contributed by atoms with van der Waals surface area (Å²) < 4.78 is 2.24. The maximum absolute atomic E-state index is 2.28. The van der Waals surface area contributed by atoms with E-state index in [-0.39, 0.29) is 0 Å². The number of hydrogen-bond acceptors (Lipinski definition) is 1. The molecule has 0 unspecified atom stereocenters. The molecule has 2 nitrogen and oxygen atoms in total. The Bertz CT molecular complexity index is 509. The van der Waals surface area contributed by atoms with Crippen molar-refractivity contribution in [3.8, 4) is 0 Å². The van der Waals surface area contributed by atoms with Gasteiger partial charge in [0.25, 0.3) is 0 Å². The zero-order chi connectivity index (χ0) is 12.4. The van der Waals surface area contributed by atoms with E-state index in [9.17, 15) is 0 Å². The minimum atomic E-state index is 1.16. The van der Waals surface area contributed by atoms with Gasteiger partial charge in [-0.25, -0.2) is 0 Å². The quantitative estimate of drug-likeness (QED) is 0.784. The molecule has 0 bridgehead atoms. The molecule has 0 fully saturated rings. The van der Waals surface area contributed by atoms with Gasteiger partial charge in [-0.15, -0.1) is 0 Å². The van der Waals surface area contributed by atoms with E-state index in [1.54, 1.807) is 0 Å². The topological polar surface area (TPSA) is 8.17 Å². The Morgan fingerprint density at radius 3 is 2.71 bits per heavy atom. The third-order valence-corrected chi connectivity index (χ3v) is 3.28. The van der Waals surface area contributed by atoms with Crippen LogP contribution >= 0.6 is 0 Å². The Kier molecular flexibility index (Phi) is 3.53. The Hall–Kier alpha value is -1.28. The summed E-state index contributed by atoms with van der Waals surface area (Å²) in [5, 5.41) is 1.41. The van der Waals surface area contributed by atoms with Crippen LogP contribution in [-0.2, 0) is 13.5 Å². The molecular weight excluding hydrogens is 208 g/mol. The summed E-state index contributed by atoms with van der Waals surface area (Å²) >= 11 is 0. The zero-order valence-electron chi connectivity index (χ0n) is 11.3. The molecule has 0 radical (unpaired) electrons. The van der Waals surface area contributed by atoms with Crippen molar-refractivity contribution in [2.75, 3.05) is 20.6 Å². The highest BCUT2D eigenvalue weighted by Gasteiger charge is 2.06. The molecule has 0 saturated carbocycles. The van der Waals surface area contributed by atoms with Gasteiger partial charge in [-0.3, -0.25) is 0 Å². The maximum Gasteiger partial charge on any atom is 0.0483 e. The van der Waals surface area contributed by atoms with Crippen molar-refractivity contribution in [1.29, 1.82) is 0 Å². The highest BCUT2D eigenvalue weighted by molar-refractivity contribution is 5.84. The van der Waals surface area contributed by atoms with Crippen molar-refractivity contribution in [2.24, 2.45) is 7.05 Å². The number of rotatable bonds is 4. The largest absolute Gasteiger partial charge is 0.350 e. The summed E-state index contributed by atoms with van der Waals surface area (Å²) in [5.74, 6) is 0. The first-order valence-corrected chi connectivity index (χ1v) is 6.27. The summed E-state index contributed by atoms with van der Waals surface area (Å²) in [7, 11) is 6.40. The van der Waals surface area contributed by atoms with E-state index in [1.165, 1.54) is 34.9 Å². The average molecular weight is 230 g/mol. The van der Waals surface area contributed by atoms with E-state index in [2.05, 4.69) is 61.9 Å². The van der Waals surface area contributed by atoms with Gasteiger partial charge in [-0.05, 0) is 57.6 Å². The number of hydrogen-bond donors (Lipinski definition) is 0. The molecule has 0 aliphatic heterocycles. The van der Waals surface area contributed by atoms with Crippen LogP contribution in [0.1, 0.15) is 17.5 Å². The first-order chi connectivity index (χ1) is 8.08. The molecule has 0 atom stereocenters. The van der Waals surface area contributed by atoms with E-state index < -0.39 is 0 Å². The predicted octanol–water partition coefficient (Wildman–Crippen LogP) is 2.98. The Morgan fingerprint density at radius 2 is 2.00 bits per heavy atom. The molecule has 2 aromatic rings. The lowest BCUT2D eigenvalue weighted by atomic mass is 10.1. The van der Waals surface area contributed by atoms with Crippen molar-refractivity contribution in [3.63, 3.8) is 0 Å². The highest BCUT2D eigenvalue weighted by Crippen LogP contribution is 2.22. The van der Waals surface area contributed by atoms with Crippen LogP contribution in [0.25, 0.3) is 10.9 Å². The molecule has 2 heteroatoms. The summed E-state index contributed by atoms with van der Waals surface area (Å²) in [5.41, 5.74) is 4.16. The molecule has 0 amide bonds. The maximum atomic E-state index is 2.28.